The van der Waals surface area contributed by atoms with Crippen LogP contribution in [-0.4, -0.2) is 36.1 Å². The van der Waals surface area contributed by atoms with Crippen molar-refractivity contribution in [3.05, 3.63) is 23.9 Å². The second-order valence-electron chi connectivity index (χ2n) is 4.69. The summed E-state index contributed by atoms with van der Waals surface area (Å²) in [6, 6.07) is 1.37. The van der Waals surface area contributed by atoms with Crippen molar-refractivity contribution in [1.82, 2.24) is 9.88 Å². The lowest BCUT2D eigenvalue weighted by atomic mass is 10.2. The van der Waals surface area contributed by atoms with E-state index in [-0.39, 0.29) is 5.82 Å². The van der Waals surface area contributed by atoms with Crippen LogP contribution in [0.5, 0.6) is 0 Å². The zero-order chi connectivity index (χ0) is 13.5. The smallest absolute Gasteiger partial charge is 0.168 e. The van der Waals surface area contributed by atoms with Gasteiger partial charge in [0.1, 0.15) is 5.82 Å². The highest BCUT2D eigenvalue weighted by Crippen LogP contribution is 2.11. The monoisotopic (exact) mass is 257 g/mol. The van der Waals surface area contributed by atoms with Crippen LogP contribution in [0.1, 0.15) is 26.7 Å². The SMILES string of the molecule is CC(C)N(C)CCCCNc1ncc(F)cc1F. The number of hydrogen-bond acceptors (Lipinski definition) is 3. The molecule has 1 N–H and O–H groups in total. The van der Waals surface area contributed by atoms with Gasteiger partial charge in [-0.05, 0) is 40.3 Å². The molecule has 0 unspecified atom stereocenters. The first-order valence-corrected chi connectivity index (χ1v) is 6.26. The summed E-state index contributed by atoms with van der Waals surface area (Å²) < 4.78 is 25.8. The predicted octanol–water partition coefficient (Wildman–Crippen LogP) is 2.89. The number of rotatable bonds is 7. The van der Waals surface area contributed by atoms with Crippen molar-refractivity contribution < 1.29 is 8.78 Å². The maximum atomic E-state index is 13.2. The van der Waals surface area contributed by atoms with E-state index >= 15 is 0 Å². The van der Waals surface area contributed by atoms with Crippen molar-refractivity contribution in [2.45, 2.75) is 32.7 Å². The van der Waals surface area contributed by atoms with E-state index in [1.54, 1.807) is 0 Å². The Bertz CT molecular complexity index is 369. The quantitative estimate of drug-likeness (QED) is 0.761. The van der Waals surface area contributed by atoms with Crippen LogP contribution in [0.3, 0.4) is 0 Å². The lowest BCUT2D eigenvalue weighted by Crippen LogP contribution is -2.27. The van der Waals surface area contributed by atoms with Gasteiger partial charge in [0.15, 0.2) is 11.6 Å². The zero-order valence-electron chi connectivity index (χ0n) is 11.2. The fraction of sp³-hybridized carbons (Fsp3) is 0.615. The molecular formula is C13H21F2N3. The van der Waals surface area contributed by atoms with Gasteiger partial charge in [-0.2, -0.15) is 0 Å². The average molecular weight is 257 g/mol. The molecule has 0 fully saturated rings. The molecule has 0 aromatic carbocycles. The summed E-state index contributed by atoms with van der Waals surface area (Å²) in [4.78, 5) is 5.93. The van der Waals surface area contributed by atoms with E-state index in [2.05, 4.69) is 36.1 Å². The number of nitrogens with one attached hydrogen (secondary N) is 1. The Morgan fingerprint density at radius 2 is 2.06 bits per heavy atom. The summed E-state index contributed by atoms with van der Waals surface area (Å²) in [6.45, 7) is 5.95. The molecule has 1 aromatic rings. The van der Waals surface area contributed by atoms with Crippen molar-refractivity contribution in [2.75, 3.05) is 25.5 Å². The molecule has 0 bridgehead atoms. The van der Waals surface area contributed by atoms with E-state index in [1.165, 1.54) is 0 Å². The minimum absolute atomic E-state index is 0.119. The third kappa shape index (κ3) is 4.96. The van der Waals surface area contributed by atoms with Crippen LogP contribution in [0.2, 0.25) is 0 Å². The van der Waals surface area contributed by atoms with Gasteiger partial charge in [0.05, 0.1) is 6.20 Å². The molecular weight excluding hydrogens is 236 g/mol. The minimum atomic E-state index is -0.656. The van der Waals surface area contributed by atoms with E-state index < -0.39 is 11.6 Å². The number of unbranched alkanes of at least 4 members (excludes halogenated alkanes) is 1. The molecule has 0 radical (unpaired) electrons. The van der Waals surface area contributed by atoms with Crippen LogP contribution in [-0.2, 0) is 0 Å². The van der Waals surface area contributed by atoms with Gasteiger partial charge in [-0.1, -0.05) is 0 Å². The predicted molar refractivity (Wildman–Crippen MR) is 69.6 cm³/mol. The Morgan fingerprint density at radius 3 is 2.67 bits per heavy atom. The number of hydrogen-bond donors (Lipinski definition) is 1. The first-order chi connectivity index (χ1) is 8.50. The largest absolute Gasteiger partial charge is 0.368 e. The third-order valence-electron chi connectivity index (χ3n) is 2.92. The van der Waals surface area contributed by atoms with E-state index in [0.29, 0.717) is 12.6 Å². The molecule has 102 valence electrons. The van der Waals surface area contributed by atoms with E-state index in [9.17, 15) is 8.78 Å². The molecule has 0 saturated carbocycles. The van der Waals surface area contributed by atoms with Crippen LogP contribution >= 0.6 is 0 Å². The molecule has 1 heterocycles. The van der Waals surface area contributed by atoms with Gasteiger partial charge in [-0.25, -0.2) is 13.8 Å². The Labute approximate surface area is 107 Å². The number of nitrogens with zero attached hydrogens (tertiary/aromatic N) is 2. The van der Waals surface area contributed by atoms with Crippen molar-refractivity contribution in [2.24, 2.45) is 0 Å². The van der Waals surface area contributed by atoms with E-state index in [4.69, 9.17) is 0 Å². The van der Waals surface area contributed by atoms with Crippen LogP contribution in [0, 0.1) is 11.6 Å². The molecule has 0 aliphatic rings. The Morgan fingerprint density at radius 1 is 1.33 bits per heavy atom. The third-order valence-corrected chi connectivity index (χ3v) is 2.92. The molecule has 0 spiro atoms. The molecule has 0 aliphatic heterocycles. The molecule has 0 atom stereocenters. The maximum absolute atomic E-state index is 13.2. The summed E-state index contributed by atoms with van der Waals surface area (Å²) in [5.74, 6) is -1.18. The van der Waals surface area contributed by atoms with Gasteiger partial charge < -0.3 is 10.2 Å². The van der Waals surface area contributed by atoms with Crippen LogP contribution in [0.25, 0.3) is 0 Å². The standard InChI is InChI=1S/C13H21F2N3/c1-10(2)18(3)7-5-4-6-16-13-12(15)8-11(14)9-17-13/h8-10H,4-7H2,1-3H3,(H,16,17). The molecule has 5 heteroatoms. The van der Waals surface area contributed by atoms with E-state index in [1.807, 2.05) is 0 Å². The van der Waals surface area contributed by atoms with Crippen LogP contribution in [0.4, 0.5) is 14.6 Å². The molecule has 1 aromatic heterocycles. The van der Waals surface area contributed by atoms with Gasteiger partial charge in [0, 0.05) is 18.7 Å². The fourth-order valence-corrected chi connectivity index (χ4v) is 1.50. The summed E-state index contributed by atoms with van der Waals surface area (Å²) >= 11 is 0. The lowest BCUT2D eigenvalue weighted by Gasteiger charge is -2.20. The number of anilines is 1. The Kier molecular flexibility index (Phi) is 5.98. The molecule has 0 aliphatic carbocycles. The first kappa shape index (κ1) is 14.8. The van der Waals surface area contributed by atoms with Crippen molar-refractivity contribution in [3.8, 4) is 0 Å². The topological polar surface area (TPSA) is 28.2 Å². The van der Waals surface area contributed by atoms with Crippen molar-refractivity contribution in [1.29, 1.82) is 0 Å². The number of halogens is 2. The summed E-state index contributed by atoms with van der Waals surface area (Å²) in [7, 11) is 2.08. The number of pyridine rings is 1. The molecule has 0 amide bonds. The van der Waals surface area contributed by atoms with Crippen molar-refractivity contribution in [3.63, 3.8) is 0 Å². The minimum Gasteiger partial charge on any atom is -0.368 e. The van der Waals surface area contributed by atoms with E-state index in [0.717, 1.165) is 31.6 Å². The van der Waals surface area contributed by atoms with Crippen molar-refractivity contribution >= 4 is 5.82 Å². The van der Waals surface area contributed by atoms with Gasteiger partial charge >= 0.3 is 0 Å². The zero-order valence-corrected chi connectivity index (χ0v) is 11.2. The van der Waals surface area contributed by atoms with Crippen LogP contribution < -0.4 is 5.32 Å². The molecule has 1 rings (SSSR count). The van der Waals surface area contributed by atoms with Crippen LogP contribution in [0.15, 0.2) is 12.3 Å². The lowest BCUT2D eigenvalue weighted by molar-refractivity contribution is 0.269. The van der Waals surface area contributed by atoms with Gasteiger partial charge in [0.2, 0.25) is 0 Å². The summed E-state index contributed by atoms with van der Waals surface area (Å²) in [5, 5.41) is 2.87. The highest BCUT2D eigenvalue weighted by Gasteiger charge is 2.05. The Balaban J connectivity index is 2.22. The highest BCUT2D eigenvalue weighted by atomic mass is 19.1. The van der Waals surface area contributed by atoms with Gasteiger partial charge in [-0.15, -0.1) is 0 Å². The first-order valence-electron chi connectivity index (χ1n) is 6.26. The molecule has 0 saturated heterocycles. The normalized spacial score (nSPS) is 11.3. The number of aromatic nitrogens is 1. The fourth-order valence-electron chi connectivity index (χ4n) is 1.50. The summed E-state index contributed by atoms with van der Waals surface area (Å²) in [5.41, 5.74) is 0. The second kappa shape index (κ2) is 7.26. The highest BCUT2D eigenvalue weighted by molar-refractivity contribution is 5.35. The summed E-state index contributed by atoms with van der Waals surface area (Å²) in [6.07, 6.45) is 2.97. The van der Waals surface area contributed by atoms with Gasteiger partial charge in [-0.3, -0.25) is 0 Å². The average Bonchev–Trinajstić information content (AvgIpc) is 2.30. The molecule has 18 heavy (non-hydrogen) atoms. The maximum Gasteiger partial charge on any atom is 0.168 e. The molecule has 3 nitrogen and oxygen atoms in total. The van der Waals surface area contributed by atoms with Gasteiger partial charge in [0.25, 0.3) is 0 Å². The second-order valence-corrected chi connectivity index (χ2v) is 4.69. The Hall–Kier alpha value is -1.23.